The summed E-state index contributed by atoms with van der Waals surface area (Å²) >= 11 is 0. The molecule has 152 valence electrons. The fourth-order valence-corrected chi connectivity index (χ4v) is 3.38. The molecule has 7 nitrogen and oxygen atoms in total. The topological polar surface area (TPSA) is 79.0 Å². The van der Waals surface area contributed by atoms with Gasteiger partial charge in [0.2, 0.25) is 5.95 Å². The first-order chi connectivity index (χ1) is 13.9. The molecule has 4 rings (SSSR count). The molecular formula is C21H25FN6O. The van der Waals surface area contributed by atoms with E-state index in [1.807, 2.05) is 0 Å². The molecular weight excluding hydrogens is 371 g/mol. The number of hydrogen-bond donors (Lipinski definition) is 2. The number of H-pyrrole nitrogens is 1. The number of ether oxygens (including phenoxy) is 1. The average Bonchev–Trinajstić information content (AvgIpc) is 3.16. The van der Waals surface area contributed by atoms with Crippen LogP contribution in [-0.2, 0) is 0 Å². The van der Waals surface area contributed by atoms with Gasteiger partial charge in [-0.2, -0.15) is 10.1 Å². The fraction of sp³-hybridized carbons (Fsp3) is 0.381. The summed E-state index contributed by atoms with van der Waals surface area (Å²) < 4.78 is 19.3. The maximum absolute atomic E-state index is 14.3. The lowest BCUT2D eigenvalue weighted by atomic mass is 9.83. The first kappa shape index (κ1) is 19.2. The van der Waals surface area contributed by atoms with Gasteiger partial charge in [0.1, 0.15) is 17.4 Å². The molecule has 1 aromatic carbocycles. The molecule has 3 heterocycles. The average molecular weight is 396 g/mol. The van der Waals surface area contributed by atoms with Crippen LogP contribution in [0.3, 0.4) is 0 Å². The number of anilines is 3. The number of nitrogens with zero attached hydrogens (tertiary/aromatic N) is 4. The van der Waals surface area contributed by atoms with Gasteiger partial charge in [-0.3, -0.25) is 5.10 Å². The number of aromatic amines is 1. The van der Waals surface area contributed by atoms with Crippen LogP contribution in [0.5, 0.6) is 5.75 Å². The van der Waals surface area contributed by atoms with E-state index in [2.05, 4.69) is 44.2 Å². The van der Waals surface area contributed by atoms with Gasteiger partial charge in [-0.15, -0.1) is 0 Å². The predicted molar refractivity (Wildman–Crippen MR) is 111 cm³/mol. The van der Waals surface area contributed by atoms with Crippen molar-refractivity contribution in [3.05, 3.63) is 42.3 Å². The van der Waals surface area contributed by atoms with E-state index in [0.717, 1.165) is 25.9 Å². The molecule has 8 heteroatoms. The van der Waals surface area contributed by atoms with Gasteiger partial charge in [0.05, 0.1) is 12.8 Å². The molecule has 1 fully saturated rings. The molecule has 2 aromatic heterocycles. The van der Waals surface area contributed by atoms with Crippen molar-refractivity contribution in [3.8, 4) is 17.0 Å². The standard InChI is InChI=1S/C21H25FN6O/c1-21(2)7-10-28(11-8-21)20-23-9-6-18(25-20)24-19-13-17(26-27-19)15-5-4-14(29-3)12-16(15)22/h4-6,9,12-13H,7-8,10-11H2,1-3H3,(H2,23,24,25,26,27). The molecule has 1 aliphatic heterocycles. The minimum atomic E-state index is -0.378. The van der Waals surface area contributed by atoms with E-state index in [-0.39, 0.29) is 5.82 Å². The maximum atomic E-state index is 14.3. The van der Waals surface area contributed by atoms with E-state index in [0.29, 0.717) is 40.0 Å². The zero-order valence-corrected chi connectivity index (χ0v) is 16.9. The molecule has 29 heavy (non-hydrogen) atoms. The minimum Gasteiger partial charge on any atom is -0.497 e. The van der Waals surface area contributed by atoms with Crippen molar-refractivity contribution < 1.29 is 9.13 Å². The van der Waals surface area contributed by atoms with Gasteiger partial charge in [-0.05, 0) is 36.5 Å². The van der Waals surface area contributed by atoms with E-state index < -0.39 is 0 Å². The number of methoxy groups -OCH3 is 1. The van der Waals surface area contributed by atoms with Gasteiger partial charge in [-0.1, -0.05) is 13.8 Å². The van der Waals surface area contributed by atoms with Crippen molar-refractivity contribution in [3.63, 3.8) is 0 Å². The Bertz CT molecular complexity index is 992. The molecule has 0 spiro atoms. The molecule has 0 amide bonds. The monoisotopic (exact) mass is 396 g/mol. The Hall–Kier alpha value is -3.16. The minimum absolute atomic E-state index is 0.370. The number of hydrogen-bond acceptors (Lipinski definition) is 6. The highest BCUT2D eigenvalue weighted by Crippen LogP contribution is 2.31. The third-order valence-corrected chi connectivity index (χ3v) is 5.34. The van der Waals surface area contributed by atoms with Gasteiger partial charge in [0.25, 0.3) is 0 Å². The van der Waals surface area contributed by atoms with Crippen molar-refractivity contribution in [1.82, 2.24) is 20.2 Å². The lowest BCUT2D eigenvalue weighted by Crippen LogP contribution is -2.38. The molecule has 2 N–H and O–H groups in total. The molecule has 0 atom stereocenters. The second kappa shape index (κ2) is 7.69. The normalized spacial score (nSPS) is 15.9. The van der Waals surface area contributed by atoms with Gasteiger partial charge >= 0.3 is 0 Å². The van der Waals surface area contributed by atoms with Crippen LogP contribution in [-0.4, -0.2) is 40.4 Å². The maximum Gasteiger partial charge on any atom is 0.227 e. The first-order valence-corrected chi connectivity index (χ1v) is 9.68. The highest BCUT2D eigenvalue weighted by molar-refractivity contribution is 5.66. The Morgan fingerprint density at radius 3 is 2.66 bits per heavy atom. The Kier molecular flexibility index (Phi) is 5.08. The summed E-state index contributed by atoms with van der Waals surface area (Å²) in [6, 6.07) is 8.25. The van der Waals surface area contributed by atoms with Gasteiger partial charge in [-0.25, -0.2) is 9.37 Å². The summed E-state index contributed by atoms with van der Waals surface area (Å²) in [5.74, 6) is 2.01. The van der Waals surface area contributed by atoms with Crippen LogP contribution in [0.2, 0.25) is 0 Å². The predicted octanol–water partition coefficient (Wildman–Crippen LogP) is 4.38. The van der Waals surface area contributed by atoms with E-state index in [9.17, 15) is 4.39 Å². The highest BCUT2D eigenvalue weighted by Gasteiger charge is 2.26. The molecule has 0 unspecified atom stereocenters. The number of piperidine rings is 1. The molecule has 0 saturated carbocycles. The highest BCUT2D eigenvalue weighted by atomic mass is 19.1. The van der Waals surface area contributed by atoms with Gasteiger partial charge in [0.15, 0.2) is 5.82 Å². The zero-order chi connectivity index (χ0) is 20.4. The fourth-order valence-electron chi connectivity index (χ4n) is 3.38. The van der Waals surface area contributed by atoms with Crippen molar-refractivity contribution >= 4 is 17.6 Å². The number of nitrogens with one attached hydrogen (secondary N) is 2. The third kappa shape index (κ3) is 4.31. The Labute approximate surface area is 169 Å². The molecule has 1 saturated heterocycles. The quantitative estimate of drug-likeness (QED) is 0.666. The van der Waals surface area contributed by atoms with E-state index in [1.165, 1.54) is 13.2 Å². The third-order valence-electron chi connectivity index (χ3n) is 5.34. The summed E-state index contributed by atoms with van der Waals surface area (Å²) in [6.45, 7) is 6.48. The molecule has 0 bridgehead atoms. The number of benzene rings is 1. The molecule has 3 aromatic rings. The van der Waals surface area contributed by atoms with Gasteiger partial charge in [0, 0.05) is 37.0 Å². The van der Waals surface area contributed by atoms with E-state index in [4.69, 9.17) is 4.74 Å². The lowest BCUT2D eigenvalue weighted by Gasteiger charge is -2.36. The van der Waals surface area contributed by atoms with Crippen molar-refractivity contribution in [2.75, 3.05) is 30.4 Å². The van der Waals surface area contributed by atoms with Gasteiger partial charge < -0.3 is 15.0 Å². The number of rotatable bonds is 5. The lowest BCUT2D eigenvalue weighted by molar-refractivity contribution is 0.278. The van der Waals surface area contributed by atoms with Crippen molar-refractivity contribution in [2.24, 2.45) is 5.41 Å². The van der Waals surface area contributed by atoms with Crippen molar-refractivity contribution in [2.45, 2.75) is 26.7 Å². The summed E-state index contributed by atoms with van der Waals surface area (Å²) in [6.07, 6.45) is 3.97. The van der Waals surface area contributed by atoms with Crippen molar-refractivity contribution in [1.29, 1.82) is 0 Å². The largest absolute Gasteiger partial charge is 0.497 e. The van der Waals surface area contributed by atoms with Crippen LogP contribution in [0.25, 0.3) is 11.3 Å². The molecule has 0 radical (unpaired) electrons. The Balaban J connectivity index is 1.48. The second-order valence-corrected chi connectivity index (χ2v) is 8.03. The first-order valence-electron chi connectivity index (χ1n) is 9.68. The van der Waals surface area contributed by atoms with Crippen LogP contribution in [0, 0.1) is 11.2 Å². The molecule has 0 aliphatic carbocycles. The van der Waals surface area contributed by atoms with Crippen LogP contribution >= 0.6 is 0 Å². The van der Waals surface area contributed by atoms with Crippen LogP contribution in [0.1, 0.15) is 26.7 Å². The Morgan fingerprint density at radius 1 is 1.14 bits per heavy atom. The SMILES string of the molecule is COc1ccc(-c2cc(Nc3ccnc(N4CCC(C)(C)CC4)n3)n[nH]2)c(F)c1. The summed E-state index contributed by atoms with van der Waals surface area (Å²) in [4.78, 5) is 11.2. The van der Waals surface area contributed by atoms with Crippen LogP contribution in [0.15, 0.2) is 36.5 Å². The summed E-state index contributed by atoms with van der Waals surface area (Å²) in [7, 11) is 1.51. The number of aromatic nitrogens is 4. The van der Waals surface area contributed by atoms with Crippen LogP contribution < -0.4 is 15.0 Å². The summed E-state index contributed by atoms with van der Waals surface area (Å²) in [5, 5.41) is 10.2. The zero-order valence-electron chi connectivity index (χ0n) is 16.9. The van der Waals surface area contributed by atoms with Crippen LogP contribution in [0.4, 0.5) is 22.0 Å². The van der Waals surface area contributed by atoms with E-state index in [1.54, 1.807) is 30.5 Å². The Morgan fingerprint density at radius 2 is 1.93 bits per heavy atom. The second-order valence-electron chi connectivity index (χ2n) is 8.03. The number of halogens is 1. The molecule has 1 aliphatic rings. The smallest absolute Gasteiger partial charge is 0.227 e. The summed E-state index contributed by atoms with van der Waals surface area (Å²) in [5.41, 5.74) is 1.36. The van der Waals surface area contributed by atoms with E-state index >= 15 is 0 Å².